The van der Waals surface area contributed by atoms with Gasteiger partial charge >= 0.3 is 0 Å². The zero-order chi connectivity index (χ0) is 10.3. The molecule has 1 heterocycles. The van der Waals surface area contributed by atoms with Crippen molar-refractivity contribution in [2.45, 2.75) is 26.3 Å². The third-order valence-electron chi connectivity index (χ3n) is 2.43. The summed E-state index contributed by atoms with van der Waals surface area (Å²) in [5, 5.41) is 0. The molecule has 0 aromatic carbocycles. The molecule has 0 unspecified atom stereocenters. The van der Waals surface area contributed by atoms with Gasteiger partial charge in [0.1, 0.15) is 5.88 Å². The van der Waals surface area contributed by atoms with Crippen molar-refractivity contribution in [3.63, 3.8) is 0 Å². The van der Waals surface area contributed by atoms with Crippen molar-refractivity contribution in [1.82, 2.24) is 9.21 Å². The molecule has 0 amide bonds. The molecule has 0 spiro atoms. The van der Waals surface area contributed by atoms with Gasteiger partial charge in [0, 0.05) is 25.7 Å². The van der Waals surface area contributed by atoms with E-state index in [0.717, 1.165) is 6.54 Å². The fourth-order valence-electron chi connectivity index (χ4n) is 1.29. The molecule has 0 bridgehead atoms. The summed E-state index contributed by atoms with van der Waals surface area (Å²) in [5.74, 6) is 0.146. The van der Waals surface area contributed by atoms with E-state index in [9.17, 15) is 8.42 Å². The first kappa shape index (κ1) is 10.9. The lowest BCUT2D eigenvalue weighted by Gasteiger charge is -2.40. The van der Waals surface area contributed by atoms with Gasteiger partial charge in [0.05, 0.1) is 0 Å². The number of hydrogen-bond donors (Lipinski definition) is 0. The van der Waals surface area contributed by atoms with Gasteiger partial charge in [-0.2, -0.15) is 0 Å². The molecule has 4 nitrogen and oxygen atoms in total. The van der Waals surface area contributed by atoms with Crippen LogP contribution in [-0.4, -0.2) is 49.2 Å². The topological polar surface area (TPSA) is 40.6 Å². The van der Waals surface area contributed by atoms with Crippen molar-refractivity contribution < 1.29 is 8.42 Å². The van der Waals surface area contributed by atoms with Gasteiger partial charge in [0.25, 0.3) is 0 Å². The van der Waals surface area contributed by atoms with Crippen LogP contribution in [0.2, 0.25) is 0 Å². The summed E-state index contributed by atoms with van der Waals surface area (Å²) in [6, 6.07) is 0. The van der Waals surface area contributed by atoms with Crippen molar-refractivity contribution in [3.05, 3.63) is 0 Å². The first-order chi connectivity index (χ1) is 5.73. The number of likely N-dealkylation sites (N-methyl/N-ethyl adjacent to an activating group) is 1. The summed E-state index contributed by atoms with van der Waals surface area (Å²) < 4.78 is 24.5. The maximum atomic E-state index is 11.5. The van der Waals surface area contributed by atoms with Crippen LogP contribution in [0, 0.1) is 0 Å². The highest BCUT2D eigenvalue weighted by atomic mass is 32.2. The molecule has 0 N–H and O–H groups in total. The smallest absolute Gasteiger partial charge is 0.227 e. The number of sulfonamides is 1. The van der Waals surface area contributed by atoms with Crippen LogP contribution >= 0.6 is 0 Å². The third kappa shape index (κ3) is 2.42. The van der Waals surface area contributed by atoms with E-state index in [4.69, 9.17) is 0 Å². The monoisotopic (exact) mass is 206 g/mol. The highest BCUT2D eigenvalue weighted by Crippen LogP contribution is 2.18. The summed E-state index contributed by atoms with van der Waals surface area (Å²) >= 11 is 0. The molecular weight excluding hydrogens is 188 g/mol. The third-order valence-corrected chi connectivity index (χ3v) is 4.20. The van der Waals surface area contributed by atoms with Crippen LogP contribution in [0.15, 0.2) is 0 Å². The molecule has 0 aliphatic carbocycles. The Hall–Kier alpha value is -0.130. The summed E-state index contributed by atoms with van der Waals surface area (Å²) in [7, 11) is -1.40. The molecule has 78 valence electrons. The van der Waals surface area contributed by atoms with Crippen LogP contribution in [0.1, 0.15) is 20.8 Å². The maximum absolute atomic E-state index is 11.5. The second-order valence-corrected chi connectivity index (χ2v) is 6.54. The van der Waals surface area contributed by atoms with Crippen molar-refractivity contribution in [2.75, 3.05) is 26.0 Å². The van der Waals surface area contributed by atoms with Crippen molar-refractivity contribution in [3.8, 4) is 0 Å². The SMILES string of the molecule is CN1CCN(C(C)(C)C)CS1(=O)=O. The Morgan fingerprint density at radius 3 is 2.08 bits per heavy atom. The van der Waals surface area contributed by atoms with E-state index in [1.54, 1.807) is 7.05 Å². The summed E-state index contributed by atoms with van der Waals surface area (Å²) in [4.78, 5) is 1.99. The number of nitrogens with zero attached hydrogens (tertiary/aromatic N) is 2. The molecule has 0 atom stereocenters. The molecule has 0 aromatic rings. The van der Waals surface area contributed by atoms with Gasteiger partial charge in [-0.3, -0.25) is 4.90 Å². The van der Waals surface area contributed by atoms with Crippen LogP contribution in [-0.2, 0) is 10.0 Å². The van der Waals surface area contributed by atoms with Crippen LogP contribution in [0.25, 0.3) is 0 Å². The minimum atomic E-state index is -3.03. The van der Waals surface area contributed by atoms with Gasteiger partial charge in [-0.25, -0.2) is 12.7 Å². The lowest BCUT2D eigenvalue weighted by molar-refractivity contribution is 0.140. The van der Waals surface area contributed by atoms with Crippen molar-refractivity contribution in [1.29, 1.82) is 0 Å². The highest BCUT2D eigenvalue weighted by Gasteiger charge is 2.33. The molecule has 1 fully saturated rings. The zero-order valence-electron chi connectivity index (χ0n) is 8.74. The first-order valence-electron chi connectivity index (χ1n) is 4.42. The average molecular weight is 206 g/mol. The molecule has 1 saturated heterocycles. The highest BCUT2D eigenvalue weighted by molar-refractivity contribution is 7.89. The standard InChI is InChI=1S/C8H18N2O2S/c1-8(2,3)10-6-5-9(4)13(11,12)7-10/h5-7H2,1-4H3. The fraction of sp³-hybridized carbons (Fsp3) is 1.00. The lowest BCUT2D eigenvalue weighted by atomic mass is 10.1. The summed E-state index contributed by atoms with van der Waals surface area (Å²) in [5.41, 5.74) is -0.0612. The van der Waals surface area contributed by atoms with E-state index >= 15 is 0 Å². The van der Waals surface area contributed by atoms with Gasteiger partial charge in [-0.05, 0) is 20.8 Å². The Labute approximate surface area is 80.6 Å². The van der Waals surface area contributed by atoms with Crippen LogP contribution in [0.5, 0.6) is 0 Å². The predicted molar refractivity (Wildman–Crippen MR) is 52.9 cm³/mol. The number of hydrogen-bond acceptors (Lipinski definition) is 3. The molecular formula is C8H18N2O2S. The first-order valence-corrected chi connectivity index (χ1v) is 6.03. The van der Waals surface area contributed by atoms with Crippen LogP contribution in [0.4, 0.5) is 0 Å². The Morgan fingerprint density at radius 1 is 1.15 bits per heavy atom. The molecule has 0 saturated carbocycles. The van der Waals surface area contributed by atoms with E-state index in [1.807, 2.05) is 25.7 Å². The van der Waals surface area contributed by atoms with Crippen molar-refractivity contribution >= 4 is 10.0 Å². The molecule has 0 aromatic heterocycles. The van der Waals surface area contributed by atoms with E-state index in [0.29, 0.717) is 6.54 Å². The Morgan fingerprint density at radius 2 is 1.69 bits per heavy atom. The lowest BCUT2D eigenvalue weighted by Crippen LogP contribution is -2.54. The quantitative estimate of drug-likeness (QED) is 0.573. The minimum Gasteiger partial charge on any atom is -0.282 e. The minimum absolute atomic E-state index is 0.0612. The van der Waals surface area contributed by atoms with E-state index < -0.39 is 10.0 Å². The molecule has 5 heteroatoms. The normalized spacial score (nSPS) is 26.2. The Balaban J connectivity index is 2.79. The van der Waals surface area contributed by atoms with E-state index in [2.05, 4.69) is 0 Å². The van der Waals surface area contributed by atoms with Gasteiger partial charge in [-0.15, -0.1) is 0 Å². The summed E-state index contributed by atoms with van der Waals surface area (Å²) in [6.45, 7) is 7.52. The van der Waals surface area contributed by atoms with Crippen molar-refractivity contribution in [2.24, 2.45) is 0 Å². The molecule has 1 aliphatic heterocycles. The molecule has 1 aliphatic rings. The second kappa shape index (κ2) is 3.22. The summed E-state index contributed by atoms with van der Waals surface area (Å²) in [6.07, 6.45) is 0. The number of rotatable bonds is 0. The molecule has 1 rings (SSSR count). The largest absolute Gasteiger partial charge is 0.282 e. The van der Waals surface area contributed by atoms with Gasteiger partial charge in [-0.1, -0.05) is 0 Å². The van der Waals surface area contributed by atoms with Gasteiger partial charge in [0.15, 0.2) is 0 Å². The fourth-order valence-corrected chi connectivity index (χ4v) is 2.76. The van der Waals surface area contributed by atoms with E-state index in [1.165, 1.54) is 4.31 Å². The van der Waals surface area contributed by atoms with Gasteiger partial charge < -0.3 is 0 Å². The van der Waals surface area contributed by atoms with E-state index in [-0.39, 0.29) is 11.4 Å². The zero-order valence-corrected chi connectivity index (χ0v) is 9.56. The molecule has 0 radical (unpaired) electrons. The average Bonchev–Trinajstić information content (AvgIpc) is 1.92. The second-order valence-electron chi connectivity index (χ2n) is 4.50. The van der Waals surface area contributed by atoms with Gasteiger partial charge in [0.2, 0.25) is 10.0 Å². The van der Waals surface area contributed by atoms with Crippen LogP contribution in [0.3, 0.4) is 0 Å². The maximum Gasteiger partial charge on any atom is 0.227 e. The Kier molecular flexibility index (Phi) is 2.71. The Bertz CT molecular complexity index is 279. The predicted octanol–water partition coefficient (Wildman–Crippen LogP) is 0.320. The molecule has 13 heavy (non-hydrogen) atoms. The van der Waals surface area contributed by atoms with Crippen LogP contribution < -0.4 is 0 Å².